The number of rotatable bonds is 5. The van der Waals surface area contributed by atoms with Crippen LogP contribution in [0.2, 0.25) is 0 Å². The monoisotopic (exact) mass is 355 g/mol. The van der Waals surface area contributed by atoms with Gasteiger partial charge in [0.15, 0.2) is 11.6 Å². The van der Waals surface area contributed by atoms with Crippen molar-refractivity contribution in [3.8, 4) is 0 Å². The number of hydrogen-bond acceptors (Lipinski definition) is 3. The lowest BCUT2D eigenvalue weighted by Gasteiger charge is -2.31. The molecule has 8 heteroatoms. The van der Waals surface area contributed by atoms with Crippen LogP contribution in [0.3, 0.4) is 0 Å². The fraction of sp³-hybridized carbons (Fsp3) is 0.529. The van der Waals surface area contributed by atoms with Crippen LogP contribution in [0.15, 0.2) is 12.1 Å². The van der Waals surface area contributed by atoms with Gasteiger partial charge in [-0.05, 0) is 19.3 Å². The molecule has 2 N–H and O–H groups in total. The Morgan fingerprint density at radius 2 is 1.84 bits per heavy atom. The summed E-state index contributed by atoms with van der Waals surface area (Å²) in [5.41, 5.74) is 0.618. The zero-order valence-corrected chi connectivity index (χ0v) is 14.4. The van der Waals surface area contributed by atoms with Crippen molar-refractivity contribution in [3.05, 3.63) is 23.8 Å². The van der Waals surface area contributed by atoms with Gasteiger partial charge in [0.25, 0.3) is 0 Å². The molecular formula is C17H23F2N3O3. The first-order valence-corrected chi connectivity index (χ1v) is 8.28. The molecule has 1 saturated heterocycles. The number of urea groups is 1. The Hall–Kier alpha value is -2.38. The maximum atomic E-state index is 13.7. The van der Waals surface area contributed by atoms with E-state index in [0.29, 0.717) is 18.8 Å². The van der Waals surface area contributed by atoms with Gasteiger partial charge in [0.05, 0.1) is 17.3 Å². The van der Waals surface area contributed by atoms with E-state index in [1.54, 1.807) is 0 Å². The van der Waals surface area contributed by atoms with Crippen LogP contribution >= 0.6 is 0 Å². The summed E-state index contributed by atoms with van der Waals surface area (Å²) < 4.78 is 27.3. The summed E-state index contributed by atoms with van der Waals surface area (Å²) in [4.78, 5) is 26.3. The lowest BCUT2D eigenvalue weighted by Crippen LogP contribution is -2.37. The highest BCUT2D eigenvalue weighted by atomic mass is 19.2. The van der Waals surface area contributed by atoms with Crippen molar-refractivity contribution in [3.63, 3.8) is 0 Å². The molecule has 0 bridgehead atoms. The quantitative estimate of drug-likeness (QED) is 0.851. The van der Waals surface area contributed by atoms with Crippen LogP contribution in [0.5, 0.6) is 0 Å². The zero-order chi connectivity index (χ0) is 18.6. The first-order chi connectivity index (χ1) is 11.8. The van der Waals surface area contributed by atoms with Crippen molar-refractivity contribution in [1.82, 2.24) is 4.90 Å². The second-order valence-corrected chi connectivity index (χ2v) is 6.38. The molecule has 1 heterocycles. The van der Waals surface area contributed by atoms with Crippen LogP contribution in [0.4, 0.5) is 25.0 Å². The highest BCUT2D eigenvalue weighted by Crippen LogP contribution is 2.31. The molecule has 0 aliphatic carbocycles. The van der Waals surface area contributed by atoms with Gasteiger partial charge in [0.2, 0.25) is 0 Å². The minimum Gasteiger partial charge on any atom is -0.481 e. The maximum absolute atomic E-state index is 13.7. The highest BCUT2D eigenvalue weighted by molar-refractivity contribution is 5.93. The Balaban J connectivity index is 2.18. The Kier molecular flexibility index (Phi) is 6.17. The van der Waals surface area contributed by atoms with Gasteiger partial charge >= 0.3 is 12.0 Å². The molecule has 138 valence electrons. The van der Waals surface area contributed by atoms with Gasteiger partial charge in [-0.15, -0.1) is 0 Å². The number of benzene rings is 1. The number of anilines is 2. The van der Waals surface area contributed by atoms with Gasteiger partial charge in [-0.1, -0.05) is 6.92 Å². The van der Waals surface area contributed by atoms with Gasteiger partial charge in [0, 0.05) is 38.8 Å². The van der Waals surface area contributed by atoms with Crippen LogP contribution in [0, 0.1) is 17.6 Å². The Morgan fingerprint density at radius 3 is 2.44 bits per heavy atom. The van der Waals surface area contributed by atoms with E-state index in [1.165, 1.54) is 18.9 Å². The first kappa shape index (κ1) is 19.0. The van der Waals surface area contributed by atoms with Crippen LogP contribution in [0.1, 0.15) is 26.2 Å². The zero-order valence-electron chi connectivity index (χ0n) is 14.4. The fourth-order valence-electron chi connectivity index (χ4n) is 2.82. The molecule has 1 aromatic rings. The van der Waals surface area contributed by atoms with E-state index in [9.17, 15) is 18.4 Å². The average Bonchev–Trinajstić information content (AvgIpc) is 2.58. The number of piperidine rings is 1. The average molecular weight is 355 g/mol. The topological polar surface area (TPSA) is 72.9 Å². The molecule has 1 aliphatic heterocycles. The number of carboxylic acid groups (broad SMARTS) is 1. The van der Waals surface area contributed by atoms with Crippen molar-refractivity contribution in [1.29, 1.82) is 0 Å². The molecule has 2 rings (SSSR count). The lowest BCUT2D eigenvalue weighted by atomic mass is 10.1. The molecule has 1 aliphatic rings. The van der Waals surface area contributed by atoms with Crippen LogP contribution in [0.25, 0.3) is 0 Å². The Labute approximate surface area is 145 Å². The number of halogens is 2. The smallest absolute Gasteiger partial charge is 0.321 e. The number of carbonyl (C=O) groups is 2. The summed E-state index contributed by atoms with van der Waals surface area (Å²) in [5, 5.41) is 11.5. The normalized spacial score (nSPS) is 15.6. The van der Waals surface area contributed by atoms with Crippen molar-refractivity contribution in [2.45, 2.75) is 26.2 Å². The summed E-state index contributed by atoms with van der Waals surface area (Å²) in [6.07, 6.45) is 2.97. The van der Waals surface area contributed by atoms with Crippen LogP contribution in [-0.4, -0.2) is 48.7 Å². The van der Waals surface area contributed by atoms with E-state index in [-0.39, 0.29) is 12.2 Å². The van der Waals surface area contributed by atoms with Crippen molar-refractivity contribution < 1.29 is 23.5 Å². The number of carboxylic acids is 1. The molecule has 0 radical (unpaired) electrons. The number of aliphatic carboxylic acids is 1. The third kappa shape index (κ3) is 4.80. The van der Waals surface area contributed by atoms with Crippen molar-refractivity contribution >= 4 is 23.4 Å². The third-order valence-corrected chi connectivity index (χ3v) is 4.29. The van der Waals surface area contributed by atoms with Gasteiger partial charge in [0.1, 0.15) is 0 Å². The van der Waals surface area contributed by atoms with Crippen LogP contribution < -0.4 is 10.2 Å². The SMILES string of the molecule is CC(CN(C)C(=O)Nc1cc(F)c(F)cc1N1CCCCC1)C(=O)O. The predicted octanol–water partition coefficient (Wildman–Crippen LogP) is 3.14. The predicted molar refractivity (Wildman–Crippen MR) is 90.9 cm³/mol. The molecule has 25 heavy (non-hydrogen) atoms. The summed E-state index contributed by atoms with van der Waals surface area (Å²) in [7, 11) is 1.45. The highest BCUT2D eigenvalue weighted by Gasteiger charge is 2.22. The van der Waals surface area contributed by atoms with Crippen LogP contribution in [-0.2, 0) is 4.79 Å². The molecule has 0 saturated carbocycles. The molecule has 6 nitrogen and oxygen atoms in total. The fourth-order valence-corrected chi connectivity index (χ4v) is 2.82. The van der Waals surface area contributed by atoms with E-state index in [4.69, 9.17) is 5.11 Å². The van der Waals surface area contributed by atoms with E-state index in [1.807, 2.05) is 4.90 Å². The molecule has 2 amide bonds. The number of carbonyl (C=O) groups excluding carboxylic acids is 1. The lowest BCUT2D eigenvalue weighted by molar-refractivity contribution is -0.141. The summed E-state index contributed by atoms with van der Waals surface area (Å²) in [6, 6.07) is 1.49. The maximum Gasteiger partial charge on any atom is 0.321 e. The Morgan fingerprint density at radius 1 is 1.24 bits per heavy atom. The first-order valence-electron chi connectivity index (χ1n) is 8.28. The van der Waals surface area contributed by atoms with Gasteiger partial charge < -0.3 is 20.2 Å². The third-order valence-electron chi connectivity index (χ3n) is 4.29. The standard InChI is InChI=1S/C17H23F2N3O3/c1-11(16(23)24)10-21(2)17(25)20-14-8-12(18)13(19)9-15(14)22-6-4-3-5-7-22/h8-9,11H,3-7,10H2,1-2H3,(H,20,25)(H,23,24). The summed E-state index contributed by atoms with van der Waals surface area (Å²) in [5.74, 6) is -3.76. The van der Waals surface area contributed by atoms with E-state index < -0.39 is 29.6 Å². The number of amides is 2. The second kappa shape index (κ2) is 8.13. The number of hydrogen-bond donors (Lipinski definition) is 2. The molecule has 1 unspecified atom stereocenters. The van der Waals surface area contributed by atoms with Gasteiger partial charge in [-0.3, -0.25) is 4.79 Å². The minimum absolute atomic E-state index is 0.00386. The van der Waals surface area contributed by atoms with Gasteiger partial charge in [-0.2, -0.15) is 0 Å². The molecule has 1 aromatic carbocycles. The molecule has 1 fully saturated rings. The summed E-state index contributed by atoms with van der Waals surface area (Å²) >= 11 is 0. The van der Waals surface area contributed by atoms with Crippen molar-refractivity contribution in [2.24, 2.45) is 5.92 Å². The summed E-state index contributed by atoms with van der Waals surface area (Å²) in [6.45, 7) is 2.91. The molecule has 0 aromatic heterocycles. The minimum atomic E-state index is -1.04. The molecular weight excluding hydrogens is 332 g/mol. The second-order valence-electron chi connectivity index (χ2n) is 6.38. The van der Waals surface area contributed by atoms with E-state index in [0.717, 1.165) is 31.4 Å². The van der Waals surface area contributed by atoms with E-state index >= 15 is 0 Å². The number of nitrogens with one attached hydrogen (secondary N) is 1. The van der Waals surface area contributed by atoms with E-state index in [2.05, 4.69) is 5.32 Å². The van der Waals surface area contributed by atoms with Crippen molar-refractivity contribution in [2.75, 3.05) is 36.9 Å². The number of nitrogens with zero attached hydrogens (tertiary/aromatic N) is 2. The van der Waals surface area contributed by atoms with Gasteiger partial charge in [-0.25, -0.2) is 13.6 Å². The Bertz CT molecular complexity index is 648. The largest absolute Gasteiger partial charge is 0.481 e. The molecule has 1 atom stereocenters. The molecule has 0 spiro atoms.